The number of rotatable bonds is 2. The molecule has 0 unspecified atom stereocenters. The Bertz CT molecular complexity index is 499. The summed E-state index contributed by atoms with van der Waals surface area (Å²) in [6.45, 7) is 0. The third-order valence-corrected chi connectivity index (χ3v) is 1.83. The van der Waals surface area contributed by atoms with E-state index in [1.807, 2.05) is 5.02 Å². The molecule has 14 heavy (non-hydrogen) atoms. The highest BCUT2D eigenvalue weighted by atomic mass is 32.2. The van der Waals surface area contributed by atoms with E-state index in [1.165, 1.54) is 12.1 Å². The van der Waals surface area contributed by atoms with Crippen LogP contribution in [0.5, 0.6) is 0 Å². The number of benzene rings is 1. The van der Waals surface area contributed by atoms with Crippen molar-refractivity contribution < 1.29 is 18.3 Å². The van der Waals surface area contributed by atoms with Gasteiger partial charge < -0.3 is 5.11 Å². The first-order valence-electron chi connectivity index (χ1n) is 3.63. The van der Waals surface area contributed by atoms with Gasteiger partial charge in [-0.1, -0.05) is 30.3 Å². The SMILES string of the molecule is O=C(O)C(=C=S(=O)=O)c1ccccc1. The Labute approximate surface area is 81.7 Å². The maximum absolute atomic E-state index is 10.7. The molecule has 0 aromatic heterocycles. The van der Waals surface area contributed by atoms with Crippen molar-refractivity contribution in [2.75, 3.05) is 0 Å². The molecular weight excluding hydrogens is 204 g/mol. The molecule has 0 fully saturated rings. The van der Waals surface area contributed by atoms with Crippen molar-refractivity contribution in [2.24, 2.45) is 0 Å². The Morgan fingerprint density at radius 2 is 1.79 bits per heavy atom. The Morgan fingerprint density at radius 3 is 2.21 bits per heavy atom. The second-order valence-corrected chi connectivity index (χ2v) is 3.06. The lowest BCUT2D eigenvalue weighted by Crippen LogP contribution is -2.00. The largest absolute Gasteiger partial charge is 0.477 e. The summed E-state index contributed by atoms with van der Waals surface area (Å²) < 4.78 is 20.6. The molecule has 0 atom stereocenters. The molecule has 0 aliphatic carbocycles. The van der Waals surface area contributed by atoms with Crippen LogP contribution in [0.2, 0.25) is 0 Å². The minimum Gasteiger partial charge on any atom is -0.477 e. The molecule has 0 radical (unpaired) electrons. The molecule has 0 amide bonds. The zero-order chi connectivity index (χ0) is 10.6. The molecular formula is C9H6O4S. The van der Waals surface area contributed by atoms with E-state index in [9.17, 15) is 13.2 Å². The number of aliphatic carboxylic acids is 1. The van der Waals surface area contributed by atoms with Crippen LogP contribution in [0.25, 0.3) is 5.57 Å². The van der Waals surface area contributed by atoms with E-state index >= 15 is 0 Å². The lowest BCUT2D eigenvalue weighted by Gasteiger charge is -1.96. The molecule has 1 aromatic carbocycles. The van der Waals surface area contributed by atoms with E-state index < -0.39 is 16.3 Å². The number of carboxylic acid groups (broad SMARTS) is 1. The van der Waals surface area contributed by atoms with Gasteiger partial charge in [0, 0.05) is 5.02 Å². The lowest BCUT2D eigenvalue weighted by atomic mass is 10.1. The van der Waals surface area contributed by atoms with Crippen molar-refractivity contribution in [1.29, 1.82) is 0 Å². The molecule has 0 heterocycles. The van der Waals surface area contributed by atoms with E-state index in [1.54, 1.807) is 18.2 Å². The Hall–Kier alpha value is -1.84. The molecule has 1 aromatic rings. The Morgan fingerprint density at radius 1 is 1.21 bits per heavy atom. The Kier molecular flexibility index (Phi) is 3.23. The van der Waals surface area contributed by atoms with E-state index in [0.29, 0.717) is 5.56 Å². The average Bonchev–Trinajstić information content (AvgIpc) is 2.15. The molecule has 0 saturated carbocycles. The van der Waals surface area contributed by atoms with Gasteiger partial charge in [-0.2, -0.15) is 8.42 Å². The van der Waals surface area contributed by atoms with E-state index in [2.05, 4.69) is 0 Å². The second-order valence-electron chi connectivity index (χ2n) is 2.38. The minimum atomic E-state index is -2.63. The summed E-state index contributed by atoms with van der Waals surface area (Å²) in [7, 11) is -2.63. The highest BCUT2D eigenvalue weighted by Gasteiger charge is 2.09. The molecule has 1 N–H and O–H groups in total. The van der Waals surface area contributed by atoms with Crippen LogP contribution in [-0.4, -0.2) is 24.5 Å². The molecule has 0 aliphatic rings. The molecule has 5 heteroatoms. The molecule has 4 nitrogen and oxygen atoms in total. The summed E-state index contributed by atoms with van der Waals surface area (Å²) >= 11 is 0. The van der Waals surface area contributed by atoms with Crippen molar-refractivity contribution in [2.45, 2.75) is 0 Å². The van der Waals surface area contributed by atoms with Crippen LogP contribution >= 0.6 is 0 Å². The summed E-state index contributed by atoms with van der Waals surface area (Å²) in [6, 6.07) is 7.95. The molecule has 1 rings (SSSR count). The van der Waals surface area contributed by atoms with Crippen LogP contribution in [0.3, 0.4) is 0 Å². The molecule has 0 spiro atoms. The summed E-state index contributed by atoms with van der Waals surface area (Å²) in [6.07, 6.45) is 0. The molecule has 72 valence electrons. The highest BCUT2D eigenvalue weighted by molar-refractivity contribution is 7.71. The van der Waals surface area contributed by atoms with E-state index in [4.69, 9.17) is 5.11 Å². The van der Waals surface area contributed by atoms with Gasteiger partial charge in [0.15, 0.2) is 0 Å². The van der Waals surface area contributed by atoms with E-state index in [0.717, 1.165) is 0 Å². The summed E-state index contributed by atoms with van der Waals surface area (Å²) in [4.78, 5) is 10.7. The second kappa shape index (κ2) is 4.41. The van der Waals surface area contributed by atoms with Crippen molar-refractivity contribution in [3.63, 3.8) is 0 Å². The smallest absolute Gasteiger partial charge is 0.345 e. The quantitative estimate of drug-likeness (QED) is 0.567. The third kappa shape index (κ3) is 2.58. The van der Waals surface area contributed by atoms with Gasteiger partial charge in [0.1, 0.15) is 5.57 Å². The van der Waals surface area contributed by atoms with E-state index in [-0.39, 0.29) is 5.57 Å². The van der Waals surface area contributed by atoms with Gasteiger partial charge in [-0.15, -0.1) is 0 Å². The van der Waals surface area contributed by atoms with Crippen LogP contribution in [0.4, 0.5) is 0 Å². The van der Waals surface area contributed by atoms with Gasteiger partial charge in [0.05, 0.1) is 0 Å². The fourth-order valence-electron chi connectivity index (χ4n) is 0.914. The first kappa shape index (κ1) is 10.2. The number of hydrogen-bond acceptors (Lipinski definition) is 3. The van der Waals surface area contributed by atoms with Gasteiger partial charge in [0.2, 0.25) is 0 Å². The predicted molar refractivity (Wildman–Crippen MR) is 51.4 cm³/mol. The first-order valence-corrected chi connectivity index (χ1v) is 4.70. The molecule has 0 saturated heterocycles. The van der Waals surface area contributed by atoms with Crippen molar-refractivity contribution in [1.82, 2.24) is 0 Å². The summed E-state index contributed by atoms with van der Waals surface area (Å²) in [5, 5.41) is 10.5. The van der Waals surface area contributed by atoms with Crippen molar-refractivity contribution in [3.8, 4) is 0 Å². The topological polar surface area (TPSA) is 71.4 Å². The first-order chi connectivity index (χ1) is 6.61. The number of hydrogen-bond donors (Lipinski definition) is 1. The molecule has 0 aliphatic heterocycles. The van der Waals surface area contributed by atoms with Crippen LogP contribution in [0, 0.1) is 0 Å². The average molecular weight is 210 g/mol. The predicted octanol–water partition coefficient (Wildman–Crippen LogP) is 0.435. The van der Waals surface area contributed by atoms with Crippen molar-refractivity contribution >= 4 is 26.9 Å². The Balaban J connectivity index is 3.45. The van der Waals surface area contributed by atoms with Crippen LogP contribution in [-0.2, 0) is 15.1 Å². The summed E-state index contributed by atoms with van der Waals surface area (Å²) in [5.41, 5.74) is -0.0527. The highest BCUT2D eigenvalue weighted by Crippen LogP contribution is 2.10. The van der Waals surface area contributed by atoms with Crippen molar-refractivity contribution in [3.05, 3.63) is 35.9 Å². The lowest BCUT2D eigenvalue weighted by molar-refractivity contribution is -0.130. The fraction of sp³-hybridized carbons (Fsp3) is 0. The third-order valence-electron chi connectivity index (χ3n) is 1.46. The van der Waals surface area contributed by atoms with Crippen LogP contribution in [0.1, 0.15) is 5.56 Å². The zero-order valence-electron chi connectivity index (χ0n) is 6.97. The standard InChI is InChI=1S/C9H6O4S/c10-9(11)8(6-14(12)13)7-4-2-1-3-5-7/h1-5H,(H,10,11). The van der Waals surface area contributed by atoms with Crippen LogP contribution < -0.4 is 0 Å². The number of carbonyl (C=O) groups is 1. The fourth-order valence-corrected chi connectivity index (χ4v) is 1.29. The van der Waals surface area contributed by atoms with Gasteiger partial charge in [-0.25, -0.2) is 4.79 Å². The normalized spacial score (nSPS) is 8.86. The van der Waals surface area contributed by atoms with Gasteiger partial charge in [0.25, 0.3) is 10.3 Å². The molecule has 0 bridgehead atoms. The maximum atomic E-state index is 10.7. The van der Waals surface area contributed by atoms with Crippen LogP contribution in [0.15, 0.2) is 30.3 Å². The maximum Gasteiger partial charge on any atom is 0.345 e. The van der Waals surface area contributed by atoms with Gasteiger partial charge >= 0.3 is 5.97 Å². The monoisotopic (exact) mass is 210 g/mol. The summed E-state index contributed by atoms with van der Waals surface area (Å²) in [5.74, 6) is -1.32. The minimum absolute atomic E-state index is 0.309. The van der Waals surface area contributed by atoms with Gasteiger partial charge in [-0.3, -0.25) is 0 Å². The number of carboxylic acids is 1. The van der Waals surface area contributed by atoms with Gasteiger partial charge in [-0.05, 0) is 5.56 Å². The zero-order valence-corrected chi connectivity index (χ0v) is 7.78.